The van der Waals surface area contributed by atoms with Crippen LogP contribution in [0.5, 0.6) is 0 Å². The van der Waals surface area contributed by atoms with E-state index in [0.717, 1.165) is 23.1 Å². The second-order valence-electron chi connectivity index (χ2n) is 3.43. The van der Waals surface area contributed by atoms with Crippen LogP contribution in [0.3, 0.4) is 0 Å². The summed E-state index contributed by atoms with van der Waals surface area (Å²) in [6.07, 6.45) is 4.03. The van der Waals surface area contributed by atoms with Crippen LogP contribution in [-0.2, 0) is 0 Å². The summed E-state index contributed by atoms with van der Waals surface area (Å²) in [5.74, 6) is 0.772. The van der Waals surface area contributed by atoms with Gasteiger partial charge >= 0.3 is 0 Å². The van der Waals surface area contributed by atoms with Gasteiger partial charge in [-0.15, -0.1) is 0 Å². The lowest BCUT2D eigenvalue weighted by Crippen LogP contribution is -2.16. The van der Waals surface area contributed by atoms with E-state index in [-0.39, 0.29) is 0 Å². The van der Waals surface area contributed by atoms with Gasteiger partial charge in [-0.3, -0.25) is 0 Å². The summed E-state index contributed by atoms with van der Waals surface area (Å²) >= 11 is 3.32. The van der Waals surface area contributed by atoms with Crippen molar-refractivity contribution in [1.29, 1.82) is 0 Å². The number of anilines is 2. The van der Waals surface area contributed by atoms with Gasteiger partial charge in [0, 0.05) is 16.7 Å². The van der Waals surface area contributed by atoms with E-state index < -0.39 is 0 Å². The zero-order valence-corrected chi connectivity index (χ0v) is 10.1. The lowest BCUT2D eigenvalue weighted by atomic mass is 10.2. The van der Waals surface area contributed by atoms with Crippen molar-refractivity contribution < 1.29 is 0 Å². The molecule has 0 fully saturated rings. The first-order chi connectivity index (χ1) is 6.63. The number of aromatic nitrogens is 1. The summed E-state index contributed by atoms with van der Waals surface area (Å²) in [5.41, 5.74) is 6.49. The Balaban J connectivity index is 2.67. The predicted molar refractivity (Wildman–Crippen MR) is 64.3 cm³/mol. The van der Waals surface area contributed by atoms with Crippen LogP contribution >= 0.6 is 15.9 Å². The smallest absolute Gasteiger partial charge is 0.149 e. The molecule has 0 aliphatic rings. The Kier molecular flexibility index (Phi) is 4.20. The summed E-state index contributed by atoms with van der Waals surface area (Å²) < 4.78 is 0.906. The van der Waals surface area contributed by atoms with Crippen LogP contribution in [0.1, 0.15) is 26.7 Å². The van der Waals surface area contributed by atoms with Crippen LogP contribution in [0.2, 0.25) is 0 Å². The molecule has 1 unspecified atom stereocenters. The minimum absolute atomic E-state index is 0.413. The minimum Gasteiger partial charge on any atom is -0.396 e. The third kappa shape index (κ3) is 3.18. The van der Waals surface area contributed by atoms with Crippen LogP contribution in [-0.4, -0.2) is 11.0 Å². The fraction of sp³-hybridized carbons (Fsp3) is 0.500. The molecule has 1 aromatic heterocycles. The predicted octanol–water partition coefficient (Wildman–Crippen LogP) is 3.03. The molecule has 0 bridgehead atoms. The topological polar surface area (TPSA) is 50.9 Å². The Bertz CT molecular complexity index is 301. The number of pyridine rings is 1. The van der Waals surface area contributed by atoms with Crippen molar-refractivity contribution in [3.05, 3.63) is 16.7 Å². The quantitative estimate of drug-likeness (QED) is 0.872. The maximum absolute atomic E-state index is 5.81. The molecule has 1 heterocycles. The van der Waals surface area contributed by atoms with Crippen molar-refractivity contribution >= 4 is 27.4 Å². The molecule has 4 heteroatoms. The minimum atomic E-state index is 0.413. The first kappa shape index (κ1) is 11.3. The summed E-state index contributed by atoms with van der Waals surface area (Å²) in [5, 5.41) is 3.28. The number of nitrogens with one attached hydrogen (secondary N) is 1. The molecule has 0 amide bonds. The van der Waals surface area contributed by atoms with Crippen molar-refractivity contribution in [2.75, 3.05) is 11.1 Å². The molecule has 1 rings (SSSR count). The monoisotopic (exact) mass is 257 g/mol. The number of halogens is 1. The highest BCUT2D eigenvalue weighted by atomic mass is 79.9. The normalized spacial score (nSPS) is 12.5. The Labute approximate surface area is 93.2 Å². The maximum Gasteiger partial charge on any atom is 0.149 e. The van der Waals surface area contributed by atoms with E-state index in [1.54, 1.807) is 6.20 Å². The van der Waals surface area contributed by atoms with Gasteiger partial charge in [0.2, 0.25) is 0 Å². The van der Waals surface area contributed by atoms with Crippen molar-refractivity contribution in [2.24, 2.45) is 0 Å². The van der Waals surface area contributed by atoms with E-state index in [0.29, 0.717) is 11.7 Å². The molecule has 14 heavy (non-hydrogen) atoms. The molecule has 0 saturated heterocycles. The fourth-order valence-corrected chi connectivity index (χ4v) is 1.66. The van der Waals surface area contributed by atoms with Crippen molar-refractivity contribution in [2.45, 2.75) is 32.7 Å². The molecule has 0 aliphatic carbocycles. The molecular formula is C10H16BrN3. The van der Waals surface area contributed by atoms with Crippen LogP contribution in [0.15, 0.2) is 16.7 Å². The first-order valence-electron chi connectivity index (χ1n) is 4.81. The Morgan fingerprint density at radius 1 is 1.64 bits per heavy atom. The standard InChI is InChI=1S/C10H16BrN3/c1-3-4-7(2)14-10-9(12)5-8(11)6-13-10/h5-7H,3-4,12H2,1-2H3,(H,13,14). The van der Waals surface area contributed by atoms with E-state index in [1.807, 2.05) is 6.07 Å². The van der Waals surface area contributed by atoms with Gasteiger partial charge in [-0.05, 0) is 35.3 Å². The molecule has 1 aromatic rings. The largest absolute Gasteiger partial charge is 0.396 e. The lowest BCUT2D eigenvalue weighted by molar-refractivity contribution is 0.688. The van der Waals surface area contributed by atoms with Crippen LogP contribution in [0, 0.1) is 0 Å². The average Bonchev–Trinajstić information content (AvgIpc) is 2.10. The van der Waals surface area contributed by atoms with Crippen LogP contribution in [0.4, 0.5) is 11.5 Å². The fourth-order valence-electron chi connectivity index (χ4n) is 1.31. The molecular weight excluding hydrogens is 242 g/mol. The molecule has 3 nitrogen and oxygen atoms in total. The van der Waals surface area contributed by atoms with Crippen LogP contribution < -0.4 is 11.1 Å². The number of hydrogen-bond donors (Lipinski definition) is 2. The van der Waals surface area contributed by atoms with Crippen LogP contribution in [0.25, 0.3) is 0 Å². The number of hydrogen-bond acceptors (Lipinski definition) is 3. The van der Waals surface area contributed by atoms with Gasteiger partial charge < -0.3 is 11.1 Å². The molecule has 0 saturated carbocycles. The Hall–Kier alpha value is -0.770. The highest BCUT2D eigenvalue weighted by molar-refractivity contribution is 9.10. The summed E-state index contributed by atoms with van der Waals surface area (Å²) in [4.78, 5) is 4.22. The van der Waals surface area contributed by atoms with E-state index in [9.17, 15) is 0 Å². The first-order valence-corrected chi connectivity index (χ1v) is 5.60. The number of nitrogens with two attached hydrogens (primary N) is 1. The molecule has 0 aromatic carbocycles. The zero-order valence-electron chi connectivity index (χ0n) is 8.55. The molecule has 78 valence electrons. The lowest BCUT2D eigenvalue weighted by Gasteiger charge is -2.14. The Morgan fingerprint density at radius 2 is 2.36 bits per heavy atom. The molecule has 0 spiro atoms. The average molecular weight is 258 g/mol. The second-order valence-corrected chi connectivity index (χ2v) is 4.34. The number of rotatable bonds is 4. The molecule has 1 atom stereocenters. The van der Waals surface area contributed by atoms with Gasteiger partial charge in [0.25, 0.3) is 0 Å². The van der Waals surface area contributed by atoms with Gasteiger partial charge in [0.15, 0.2) is 0 Å². The van der Waals surface area contributed by atoms with E-state index >= 15 is 0 Å². The highest BCUT2D eigenvalue weighted by Crippen LogP contribution is 2.20. The number of nitrogen functional groups attached to an aromatic ring is 1. The third-order valence-corrected chi connectivity index (χ3v) is 2.42. The third-order valence-electron chi connectivity index (χ3n) is 1.99. The van der Waals surface area contributed by atoms with Gasteiger partial charge in [-0.2, -0.15) is 0 Å². The van der Waals surface area contributed by atoms with Crippen molar-refractivity contribution in [1.82, 2.24) is 4.98 Å². The van der Waals surface area contributed by atoms with Gasteiger partial charge in [-0.25, -0.2) is 4.98 Å². The molecule has 3 N–H and O–H groups in total. The van der Waals surface area contributed by atoms with E-state index in [2.05, 4.69) is 40.1 Å². The molecule has 0 radical (unpaired) electrons. The Morgan fingerprint density at radius 3 is 2.93 bits per heavy atom. The maximum atomic E-state index is 5.81. The van der Waals surface area contributed by atoms with Gasteiger partial charge in [-0.1, -0.05) is 13.3 Å². The summed E-state index contributed by atoms with van der Waals surface area (Å²) in [6, 6.07) is 2.27. The SMILES string of the molecule is CCCC(C)Nc1ncc(Br)cc1N. The van der Waals surface area contributed by atoms with E-state index in [4.69, 9.17) is 5.73 Å². The van der Waals surface area contributed by atoms with E-state index in [1.165, 1.54) is 0 Å². The van der Waals surface area contributed by atoms with Crippen molar-refractivity contribution in [3.8, 4) is 0 Å². The zero-order chi connectivity index (χ0) is 10.6. The highest BCUT2D eigenvalue weighted by Gasteiger charge is 2.05. The molecule has 0 aliphatic heterocycles. The van der Waals surface area contributed by atoms with Gasteiger partial charge in [0.05, 0.1) is 5.69 Å². The second kappa shape index (κ2) is 5.20. The van der Waals surface area contributed by atoms with Gasteiger partial charge in [0.1, 0.15) is 5.82 Å². The van der Waals surface area contributed by atoms with Crippen molar-refractivity contribution in [3.63, 3.8) is 0 Å². The number of nitrogens with zero attached hydrogens (tertiary/aromatic N) is 1. The summed E-state index contributed by atoms with van der Waals surface area (Å²) in [6.45, 7) is 4.29. The summed E-state index contributed by atoms with van der Waals surface area (Å²) in [7, 11) is 0.